The number of halogens is 1. The summed E-state index contributed by atoms with van der Waals surface area (Å²) < 4.78 is 19.0. The van der Waals surface area contributed by atoms with Crippen molar-refractivity contribution >= 4 is 5.78 Å². The number of Topliss-reactive ketones (excluding diaryl/α,β-unsaturated/α-hetero) is 1. The van der Waals surface area contributed by atoms with Crippen molar-refractivity contribution in [1.82, 2.24) is 5.32 Å². The molecule has 0 aromatic carbocycles. The summed E-state index contributed by atoms with van der Waals surface area (Å²) >= 11 is 0. The van der Waals surface area contributed by atoms with Crippen molar-refractivity contribution < 1.29 is 13.9 Å². The van der Waals surface area contributed by atoms with Gasteiger partial charge in [-0.15, -0.1) is 0 Å². The van der Waals surface area contributed by atoms with E-state index >= 15 is 0 Å². The molecule has 0 saturated heterocycles. The van der Waals surface area contributed by atoms with Crippen molar-refractivity contribution in [3.8, 4) is 0 Å². The molecule has 4 nitrogen and oxygen atoms in total. The summed E-state index contributed by atoms with van der Waals surface area (Å²) in [6.07, 6.45) is 5.38. The van der Waals surface area contributed by atoms with E-state index in [4.69, 9.17) is 10.5 Å². The Morgan fingerprint density at radius 2 is 1.95 bits per heavy atom. The van der Waals surface area contributed by atoms with Crippen LogP contribution in [0.25, 0.3) is 0 Å². The molecule has 21 heavy (non-hydrogen) atoms. The Morgan fingerprint density at radius 1 is 1.24 bits per heavy atom. The van der Waals surface area contributed by atoms with E-state index in [1.54, 1.807) is 6.92 Å². The maximum Gasteiger partial charge on any atom is 0.170 e. The van der Waals surface area contributed by atoms with Crippen LogP contribution in [-0.2, 0) is 9.53 Å². The minimum Gasteiger partial charge on any atom is -0.487 e. The lowest BCUT2D eigenvalue weighted by Crippen LogP contribution is -2.09. The molecular weight excluding hydrogens is 271 g/mol. The lowest BCUT2D eigenvalue weighted by atomic mass is 10.1. The molecule has 0 aromatic heterocycles. The van der Waals surface area contributed by atoms with Gasteiger partial charge in [0.15, 0.2) is 11.6 Å². The molecule has 0 heterocycles. The minimum atomic E-state index is -0.417. The SMILES string of the molecule is CNCC/C(C)=C/C(F)=C(\C)OCC(=O)CCCCCN. The molecule has 0 aliphatic carbocycles. The van der Waals surface area contributed by atoms with Crippen molar-refractivity contribution in [2.45, 2.75) is 46.0 Å². The Balaban J connectivity index is 4.11. The molecular formula is C16H29FN2O2. The molecule has 0 radical (unpaired) electrons. The number of carbonyl (C=O) groups excluding carboxylic acids is 1. The first-order chi connectivity index (χ1) is 10.0. The monoisotopic (exact) mass is 300 g/mol. The van der Waals surface area contributed by atoms with Crippen LogP contribution < -0.4 is 11.1 Å². The highest BCUT2D eigenvalue weighted by molar-refractivity contribution is 5.79. The van der Waals surface area contributed by atoms with Crippen LogP contribution in [0, 0.1) is 0 Å². The number of ketones is 1. The zero-order chi connectivity index (χ0) is 16.1. The number of nitrogens with one attached hydrogen (secondary N) is 1. The van der Waals surface area contributed by atoms with Crippen LogP contribution in [0.15, 0.2) is 23.2 Å². The van der Waals surface area contributed by atoms with E-state index in [-0.39, 0.29) is 18.1 Å². The van der Waals surface area contributed by atoms with Crippen LogP contribution >= 0.6 is 0 Å². The van der Waals surface area contributed by atoms with Gasteiger partial charge in [0.05, 0.1) is 0 Å². The van der Waals surface area contributed by atoms with Gasteiger partial charge in [0.2, 0.25) is 0 Å². The Morgan fingerprint density at radius 3 is 2.57 bits per heavy atom. The van der Waals surface area contributed by atoms with E-state index < -0.39 is 5.83 Å². The molecule has 0 saturated carbocycles. The van der Waals surface area contributed by atoms with Gasteiger partial charge in [-0.1, -0.05) is 12.0 Å². The molecule has 5 heteroatoms. The average molecular weight is 300 g/mol. The predicted molar refractivity (Wildman–Crippen MR) is 84.6 cm³/mol. The molecule has 0 aliphatic heterocycles. The molecule has 0 amide bonds. The van der Waals surface area contributed by atoms with Gasteiger partial charge in [-0.05, 0) is 59.3 Å². The summed E-state index contributed by atoms with van der Waals surface area (Å²) in [6.45, 7) is 4.80. The number of hydrogen-bond acceptors (Lipinski definition) is 4. The molecule has 0 bridgehead atoms. The number of rotatable bonds is 12. The summed E-state index contributed by atoms with van der Waals surface area (Å²) in [7, 11) is 1.85. The van der Waals surface area contributed by atoms with Crippen LogP contribution in [0.5, 0.6) is 0 Å². The molecule has 0 spiro atoms. The van der Waals surface area contributed by atoms with Gasteiger partial charge in [0.1, 0.15) is 12.4 Å². The summed E-state index contributed by atoms with van der Waals surface area (Å²) in [6, 6.07) is 0. The molecule has 122 valence electrons. The van der Waals surface area contributed by atoms with Gasteiger partial charge < -0.3 is 15.8 Å². The van der Waals surface area contributed by atoms with E-state index in [0.717, 1.165) is 37.8 Å². The smallest absolute Gasteiger partial charge is 0.170 e. The third kappa shape index (κ3) is 11.2. The van der Waals surface area contributed by atoms with Gasteiger partial charge in [-0.2, -0.15) is 0 Å². The van der Waals surface area contributed by atoms with E-state index in [0.29, 0.717) is 13.0 Å². The van der Waals surface area contributed by atoms with Gasteiger partial charge in [-0.25, -0.2) is 4.39 Å². The largest absolute Gasteiger partial charge is 0.487 e. The Hall–Kier alpha value is -1.20. The quantitative estimate of drug-likeness (QED) is 0.330. The van der Waals surface area contributed by atoms with Gasteiger partial charge in [-0.3, -0.25) is 4.79 Å². The first kappa shape index (κ1) is 19.8. The number of allylic oxidation sites excluding steroid dienone is 3. The van der Waals surface area contributed by atoms with Gasteiger partial charge in [0.25, 0.3) is 0 Å². The maximum atomic E-state index is 13.8. The van der Waals surface area contributed by atoms with Crippen molar-refractivity contribution in [3.05, 3.63) is 23.2 Å². The zero-order valence-electron chi connectivity index (χ0n) is 13.5. The molecule has 0 atom stereocenters. The molecule has 0 aromatic rings. The average Bonchev–Trinajstić information content (AvgIpc) is 2.46. The fourth-order valence-corrected chi connectivity index (χ4v) is 1.69. The van der Waals surface area contributed by atoms with E-state index in [2.05, 4.69) is 5.32 Å². The summed E-state index contributed by atoms with van der Waals surface area (Å²) in [5, 5.41) is 3.01. The number of ether oxygens (including phenoxy) is 1. The molecule has 0 unspecified atom stereocenters. The standard InChI is InChI=1S/C16H29FN2O2/c1-13(8-10-19-3)11-16(17)14(2)21-12-15(20)7-5-4-6-9-18/h11,19H,4-10,12,18H2,1-3H3/b13-11+,16-14-. The highest BCUT2D eigenvalue weighted by Gasteiger charge is 2.06. The van der Waals surface area contributed by atoms with E-state index in [1.807, 2.05) is 14.0 Å². The molecule has 0 aliphatic rings. The number of nitrogens with two attached hydrogens (primary N) is 1. The first-order valence-corrected chi connectivity index (χ1v) is 7.54. The van der Waals surface area contributed by atoms with Crippen LogP contribution in [0.1, 0.15) is 46.0 Å². The van der Waals surface area contributed by atoms with Crippen molar-refractivity contribution in [1.29, 1.82) is 0 Å². The van der Waals surface area contributed by atoms with Crippen LogP contribution in [-0.4, -0.2) is 32.5 Å². The topological polar surface area (TPSA) is 64.3 Å². The predicted octanol–water partition coefficient (Wildman–Crippen LogP) is 2.85. The third-order valence-corrected chi connectivity index (χ3v) is 3.09. The fraction of sp³-hybridized carbons (Fsp3) is 0.688. The second-order valence-electron chi connectivity index (χ2n) is 5.18. The lowest BCUT2D eigenvalue weighted by Gasteiger charge is -2.07. The highest BCUT2D eigenvalue weighted by Crippen LogP contribution is 2.13. The summed E-state index contributed by atoms with van der Waals surface area (Å²) in [5.74, 6) is -0.260. The molecule has 0 fully saturated rings. The Kier molecular flexibility index (Phi) is 11.8. The minimum absolute atomic E-state index is 0.00458. The number of hydrogen-bond donors (Lipinski definition) is 2. The number of carbonyl (C=O) groups is 1. The van der Waals surface area contributed by atoms with Crippen molar-refractivity contribution in [3.63, 3.8) is 0 Å². The second-order valence-corrected chi connectivity index (χ2v) is 5.18. The van der Waals surface area contributed by atoms with E-state index in [1.165, 1.54) is 6.08 Å². The van der Waals surface area contributed by atoms with Crippen LogP contribution in [0.3, 0.4) is 0 Å². The molecule has 3 N–H and O–H groups in total. The Bertz CT molecular complexity index is 365. The summed E-state index contributed by atoms with van der Waals surface area (Å²) in [5.41, 5.74) is 6.31. The normalized spacial score (nSPS) is 13.1. The van der Waals surface area contributed by atoms with Crippen LogP contribution in [0.2, 0.25) is 0 Å². The number of unbranched alkanes of at least 4 members (excludes halogenated alkanes) is 2. The Labute approximate surface area is 127 Å². The van der Waals surface area contributed by atoms with Crippen LogP contribution in [0.4, 0.5) is 4.39 Å². The van der Waals surface area contributed by atoms with Gasteiger partial charge in [0, 0.05) is 6.42 Å². The lowest BCUT2D eigenvalue weighted by molar-refractivity contribution is -0.122. The molecule has 0 rings (SSSR count). The van der Waals surface area contributed by atoms with Crippen molar-refractivity contribution in [2.24, 2.45) is 5.73 Å². The first-order valence-electron chi connectivity index (χ1n) is 7.54. The van der Waals surface area contributed by atoms with Gasteiger partial charge >= 0.3 is 0 Å². The fourth-order valence-electron chi connectivity index (χ4n) is 1.69. The third-order valence-electron chi connectivity index (χ3n) is 3.09. The maximum absolute atomic E-state index is 13.8. The van der Waals surface area contributed by atoms with E-state index in [9.17, 15) is 9.18 Å². The highest BCUT2D eigenvalue weighted by atomic mass is 19.1. The summed E-state index contributed by atoms with van der Waals surface area (Å²) in [4.78, 5) is 11.6. The van der Waals surface area contributed by atoms with Crippen molar-refractivity contribution in [2.75, 3.05) is 26.7 Å². The zero-order valence-corrected chi connectivity index (χ0v) is 13.5. The second kappa shape index (κ2) is 12.5.